The summed E-state index contributed by atoms with van der Waals surface area (Å²) >= 11 is 0. The van der Waals surface area contributed by atoms with Crippen molar-refractivity contribution in [3.05, 3.63) is 30.3 Å². The Balaban J connectivity index is 1.77. The average Bonchev–Trinajstić information content (AvgIpc) is 2.56. The second-order valence-electron chi connectivity index (χ2n) is 4.41. The van der Waals surface area contributed by atoms with Gasteiger partial charge in [0.05, 0.1) is 0 Å². The molecule has 0 N–H and O–H groups in total. The van der Waals surface area contributed by atoms with Crippen molar-refractivity contribution in [2.75, 3.05) is 0 Å². The van der Waals surface area contributed by atoms with E-state index in [9.17, 15) is 0 Å². The summed E-state index contributed by atoms with van der Waals surface area (Å²) in [5.74, 6) is 0. The molecule has 0 amide bonds. The molecule has 0 atom stereocenters. The summed E-state index contributed by atoms with van der Waals surface area (Å²) in [5, 5.41) is 1.43. The Labute approximate surface area is 94.8 Å². The number of benzene rings is 1. The highest BCUT2D eigenvalue weighted by molar-refractivity contribution is 6.46. The number of rotatable bonds is 3. The van der Waals surface area contributed by atoms with Crippen LogP contribution in [0.4, 0.5) is 0 Å². The van der Waals surface area contributed by atoms with Crippen LogP contribution in [0.1, 0.15) is 38.5 Å². The van der Waals surface area contributed by atoms with Crippen molar-refractivity contribution in [1.29, 1.82) is 0 Å². The smallest absolute Gasteiger partial charge is 0.192 e. The summed E-state index contributed by atoms with van der Waals surface area (Å²) in [4.78, 5) is 0. The molecule has 1 fully saturated rings. The minimum atomic E-state index is -0.472. The fraction of sp³-hybridized carbons (Fsp3) is 0.538. The lowest BCUT2D eigenvalue weighted by Crippen LogP contribution is -2.23. The maximum atomic E-state index is 6.09. The Kier molecular flexibility index (Phi) is 4.42. The van der Waals surface area contributed by atoms with Crippen molar-refractivity contribution in [2.24, 2.45) is 0 Å². The number of hydrogen-bond acceptors (Lipinski definition) is 1. The first-order valence-corrected chi connectivity index (χ1v) is 7.39. The Hall–Kier alpha value is -0.603. The molecule has 1 saturated carbocycles. The van der Waals surface area contributed by atoms with Crippen molar-refractivity contribution in [3.63, 3.8) is 0 Å². The predicted molar refractivity (Wildman–Crippen MR) is 67.2 cm³/mol. The van der Waals surface area contributed by atoms with Crippen molar-refractivity contribution in [1.82, 2.24) is 0 Å². The summed E-state index contributed by atoms with van der Waals surface area (Å²) in [6, 6.07) is 10.7. The molecule has 0 aromatic heterocycles. The van der Waals surface area contributed by atoms with E-state index in [0.29, 0.717) is 6.10 Å². The number of hydrogen-bond donors (Lipinski definition) is 0. The minimum absolute atomic E-state index is 0.472. The van der Waals surface area contributed by atoms with Crippen LogP contribution in [-0.4, -0.2) is 15.9 Å². The van der Waals surface area contributed by atoms with Gasteiger partial charge < -0.3 is 4.43 Å². The van der Waals surface area contributed by atoms with Gasteiger partial charge >= 0.3 is 0 Å². The van der Waals surface area contributed by atoms with E-state index >= 15 is 0 Å². The van der Waals surface area contributed by atoms with Crippen LogP contribution in [-0.2, 0) is 4.43 Å². The van der Waals surface area contributed by atoms with Crippen molar-refractivity contribution in [3.8, 4) is 0 Å². The first-order chi connectivity index (χ1) is 7.45. The van der Waals surface area contributed by atoms with Crippen LogP contribution in [0.15, 0.2) is 30.3 Å². The summed E-state index contributed by atoms with van der Waals surface area (Å²) in [5.41, 5.74) is 0. The van der Waals surface area contributed by atoms with Crippen molar-refractivity contribution in [2.45, 2.75) is 44.6 Å². The van der Waals surface area contributed by atoms with E-state index in [1.54, 1.807) is 0 Å². The fourth-order valence-corrected chi connectivity index (χ4v) is 3.42. The lowest BCUT2D eigenvalue weighted by molar-refractivity contribution is 0.196. The molecule has 0 radical (unpaired) electrons. The van der Waals surface area contributed by atoms with Crippen LogP contribution in [0.5, 0.6) is 0 Å². The first-order valence-electron chi connectivity index (χ1n) is 6.11. The van der Waals surface area contributed by atoms with Gasteiger partial charge in [-0.2, -0.15) is 0 Å². The fourth-order valence-electron chi connectivity index (χ4n) is 2.20. The van der Waals surface area contributed by atoms with Gasteiger partial charge in [-0.25, -0.2) is 0 Å². The molecule has 0 unspecified atom stereocenters. The molecule has 0 aliphatic heterocycles. The topological polar surface area (TPSA) is 9.23 Å². The molecule has 1 aliphatic carbocycles. The van der Waals surface area contributed by atoms with Gasteiger partial charge in [0.15, 0.2) is 9.76 Å². The van der Waals surface area contributed by atoms with Crippen molar-refractivity contribution < 1.29 is 4.43 Å². The van der Waals surface area contributed by atoms with E-state index in [-0.39, 0.29) is 0 Å². The van der Waals surface area contributed by atoms with Gasteiger partial charge in [-0.1, -0.05) is 56.0 Å². The van der Waals surface area contributed by atoms with Crippen LogP contribution in [0.2, 0.25) is 0 Å². The Morgan fingerprint density at radius 2 is 1.60 bits per heavy atom. The largest absolute Gasteiger partial charge is 0.416 e. The normalized spacial score (nSPS) is 19.5. The summed E-state index contributed by atoms with van der Waals surface area (Å²) in [7, 11) is -0.472. The molecule has 2 rings (SSSR count). The zero-order valence-electron chi connectivity index (χ0n) is 9.32. The summed E-state index contributed by atoms with van der Waals surface area (Å²) in [6.07, 6.45) is 8.71. The highest BCUT2D eigenvalue weighted by atomic mass is 28.2. The van der Waals surface area contributed by atoms with E-state index in [1.165, 1.54) is 43.7 Å². The summed E-state index contributed by atoms with van der Waals surface area (Å²) in [6.45, 7) is 0. The van der Waals surface area contributed by atoms with Gasteiger partial charge in [0.25, 0.3) is 0 Å². The predicted octanol–water partition coefficient (Wildman–Crippen LogP) is 2.14. The van der Waals surface area contributed by atoms with Gasteiger partial charge in [-0.05, 0) is 18.0 Å². The van der Waals surface area contributed by atoms with E-state index in [2.05, 4.69) is 30.3 Å². The standard InChI is InChI=1S/C13H20OSi/c1-2-5-9-12(8-4-1)14-15-13-10-6-3-7-11-13/h3,6-7,10-12H,1-2,4-5,8-9,15H2. The van der Waals surface area contributed by atoms with E-state index in [1.807, 2.05) is 0 Å². The Morgan fingerprint density at radius 1 is 0.933 bits per heavy atom. The highest BCUT2D eigenvalue weighted by Crippen LogP contribution is 2.19. The molecule has 1 aromatic rings. The highest BCUT2D eigenvalue weighted by Gasteiger charge is 2.11. The van der Waals surface area contributed by atoms with E-state index in [4.69, 9.17) is 4.43 Å². The molecule has 1 aliphatic rings. The van der Waals surface area contributed by atoms with Gasteiger partial charge in [0.1, 0.15) is 0 Å². The summed E-state index contributed by atoms with van der Waals surface area (Å²) < 4.78 is 6.09. The first kappa shape index (κ1) is 10.9. The minimum Gasteiger partial charge on any atom is -0.416 e. The van der Waals surface area contributed by atoms with Crippen LogP contribution < -0.4 is 5.19 Å². The molecular weight excluding hydrogens is 200 g/mol. The van der Waals surface area contributed by atoms with Gasteiger partial charge in [-0.3, -0.25) is 0 Å². The average molecular weight is 220 g/mol. The molecule has 0 bridgehead atoms. The third kappa shape index (κ3) is 3.80. The van der Waals surface area contributed by atoms with Crippen LogP contribution in [0.3, 0.4) is 0 Å². The maximum absolute atomic E-state index is 6.09. The van der Waals surface area contributed by atoms with Crippen LogP contribution in [0.25, 0.3) is 0 Å². The molecule has 0 heterocycles. The van der Waals surface area contributed by atoms with Crippen LogP contribution in [0, 0.1) is 0 Å². The van der Waals surface area contributed by atoms with E-state index in [0.717, 1.165) is 0 Å². The Morgan fingerprint density at radius 3 is 2.27 bits per heavy atom. The molecule has 82 valence electrons. The van der Waals surface area contributed by atoms with Gasteiger partial charge in [0, 0.05) is 6.10 Å². The maximum Gasteiger partial charge on any atom is 0.192 e. The lowest BCUT2D eigenvalue weighted by atomic mass is 10.2. The van der Waals surface area contributed by atoms with Gasteiger partial charge in [-0.15, -0.1) is 0 Å². The zero-order valence-corrected chi connectivity index (χ0v) is 10.7. The lowest BCUT2D eigenvalue weighted by Gasteiger charge is -2.15. The second kappa shape index (κ2) is 6.08. The molecular formula is C13H20OSi. The molecule has 0 saturated heterocycles. The molecule has 2 heteroatoms. The van der Waals surface area contributed by atoms with Crippen LogP contribution >= 0.6 is 0 Å². The Bertz CT molecular complexity index is 265. The third-order valence-electron chi connectivity index (χ3n) is 3.13. The molecule has 1 nitrogen and oxygen atoms in total. The van der Waals surface area contributed by atoms with E-state index < -0.39 is 9.76 Å². The monoisotopic (exact) mass is 220 g/mol. The molecule has 15 heavy (non-hydrogen) atoms. The second-order valence-corrected chi connectivity index (χ2v) is 5.85. The molecule has 0 spiro atoms. The van der Waals surface area contributed by atoms with Crippen molar-refractivity contribution >= 4 is 14.9 Å². The zero-order chi connectivity index (χ0) is 10.3. The van der Waals surface area contributed by atoms with Gasteiger partial charge in [0.2, 0.25) is 0 Å². The third-order valence-corrected chi connectivity index (χ3v) is 4.57. The SMILES string of the molecule is c1ccc([SiH2]OC2CCCCCC2)cc1. The molecule has 1 aromatic carbocycles. The quantitative estimate of drug-likeness (QED) is 0.560.